The monoisotopic (exact) mass is 459 g/mol. The average Bonchev–Trinajstić information content (AvgIpc) is 3.07. The normalized spacial score (nSPS) is 10.9. The first-order valence-electron chi connectivity index (χ1n) is 7.97. The zero-order valence-corrected chi connectivity index (χ0v) is 17.0. The summed E-state index contributed by atoms with van der Waals surface area (Å²) in [5.74, 6) is -0.323. The standard InChI is InChI=1S/C18H14BrN5O3S/c1-23-11-20-22-18(23)28-16-8-5-13(19)10-15(16)21-17(25)9-4-12-2-6-14(7-3-12)24(26)27/h2-11H,1H3,(H,21,25)/b9-4-. The van der Waals surface area contributed by atoms with E-state index in [0.717, 1.165) is 9.37 Å². The van der Waals surface area contributed by atoms with E-state index in [2.05, 4.69) is 31.4 Å². The molecule has 0 aliphatic heterocycles. The van der Waals surface area contributed by atoms with Crippen molar-refractivity contribution in [2.45, 2.75) is 10.1 Å². The quantitative estimate of drug-likeness (QED) is 0.335. The molecule has 0 bridgehead atoms. The number of anilines is 1. The Morgan fingerprint density at radius 2 is 2.04 bits per heavy atom. The molecule has 0 aliphatic carbocycles. The number of rotatable bonds is 6. The molecule has 142 valence electrons. The van der Waals surface area contributed by atoms with E-state index in [4.69, 9.17) is 0 Å². The van der Waals surface area contributed by atoms with Gasteiger partial charge >= 0.3 is 0 Å². The smallest absolute Gasteiger partial charge is 0.269 e. The molecule has 3 rings (SSSR count). The molecule has 0 atom stereocenters. The first kappa shape index (κ1) is 19.8. The highest BCUT2D eigenvalue weighted by Crippen LogP contribution is 2.34. The fraction of sp³-hybridized carbons (Fsp3) is 0.0556. The van der Waals surface area contributed by atoms with Crippen LogP contribution in [0.1, 0.15) is 5.56 Å². The van der Waals surface area contributed by atoms with Crippen LogP contribution >= 0.6 is 27.7 Å². The van der Waals surface area contributed by atoms with Crippen LogP contribution in [0.2, 0.25) is 0 Å². The maximum Gasteiger partial charge on any atom is 0.269 e. The van der Waals surface area contributed by atoms with Gasteiger partial charge in [-0.1, -0.05) is 15.9 Å². The van der Waals surface area contributed by atoms with Gasteiger partial charge in [0.2, 0.25) is 5.91 Å². The lowest BCUT2D eigenvalue weighted by Gasteiger charge is -2.10. The van der Waals surface area contributed by atoms with Crippen LogP contribution in [-0.4, -0.2) is 25.6 Å². The third-order valence-electron chi connectivity index (χ3n) is 3.60. The Labute approximate surface area is 172 Å². The van der Waals surface area contributed by atoms with Crippen LogP contribution in [0, 0.1) is 10.1 Å². The molecule has 1 heterocycles. The van der Waals surface area contributed by atoms with Gasteiger partial charge in [0, 0.05) is 34.6 Å². The SMILES string of the molecule is Cn1cnnc1Sc1ccc(Br)cc1NC(=O)/C=C\c1ccc([N+](=O)[O-])cc1. The second kappa shape index (κ2) is 8.81. The summed E-state index contributed by atoms with van der Waals surface area (Å²) in [5.41, 5.74) is 1.31. The Hall–Kier alpha value is -2.98. The van der Waals surface area contributed by atoms with Gasteiger partial charge in [-0.05, 0) is 53.7 Å². The van der Waals surface area contributed by atoms with Gasteiger partial charge in [0.1, 0.15) is 6.33 Å². The number of hydrogen-bond acceptors (Lipinski definition) is 6. The van der Waals surface area contributed by atoms with Crippen LogP contribution in [-0.2, 0) is 11.8 Å². The Morgan fingerprint density at radius 3 is 2.68 bits per heavy atom. The maximum absolute atomic E-state index is 12.3. The highest BCUT2D eigenvalue weighted by molar-refractivity contribution is 9.10. The molecular weight excluding hydrogens is 446 g/mol. The van der Waals surface area contributed by atoms with Crippen LogP contribution in [0.3, 0.4) is 0 Å². The second-order valence-electron chi connectivity index (χ2n) is 5.64. The number of amides is 1. The largest absolute Gasteiger partial charge is 0.321 e. The lowest BCUT2D eigenvalue weighted by atomic mass is 10.2. The molecule has 0 radical (unpaired) electrons. The predicted molar refractivity (Wildman–Crippen MR) is 110 cm³/mol. The molecule has 1 aromatic heterocycles. The summed E-state index contributed by atoms with van der Waals surface area (Å²) in [5, 5.41) is 22.1. The van der Waals surface area contributed by atoms with E-state index in [0.29, 0.717) is 16.4 Å². The minimum Gasteiger partial charge on any atom is -0.321 e. The van der Waals surface area contributed by atoms with Crippen molar-refractivity contribution in [3.8, 4) is 0 Å². The van der Waals surface area contributed by atoms with Gasteiger partial charge in [-0.2, -0.15) is 0 Å². The minimum absolute atomic E-state index is 0.00109. The van der Waals surface area contributed by atoms with E-state index < -0.39 is 4.92 Å². The second-order valence-corrected chi connectivity index (χ2v) is 7.56. The Bertz CT molecular complexity index is 1050. The Kier molecular flexibility index (Phi) is 6.22. The molecular formula is C18H14BrN5O3S. The predicted octanol–water partition coefficient (Wildman–Crippen LogP) is 4.29. The van der Waals surface area contributed by atoms with Crippen molar-refractivity contribution in [1.82, 2.24) is 14.8 Å². The summed E-state index contributed by atoms with van der Waals surface area (Å²) in [7, 11) is 1.84. The van der Waals surface area contributed by atoms with Crippen molar-refractivity contribution in [3.05, 3.63) is 75.0 Å². The summed E-state index contributed by atoms with van der Waals surface area (Å²) in [6, 6.07) is 11.5. The van der Waals surface area contributed by atoms with Crippen LogP contribution in [0.25, 0.3) is 6.08 Å². The van der Waals surface area contributed by atoms with Crippen molar-refractivity contribution in [3.63, 3.8) is 0 Å². The molecule has 0 unspecified atom stereocenters. The van der Waals surface area contributed by atoms with E-state index in [-0.39, 0.29) is 11.6 Å². The van der Waals surface area contributed by atoms with Gasteiger partial charge in [-0.25, -0.2) is 0 Å². The molecule has 10 heteroatoms. The van der Waals surface area contributed by atoms with Crippen molar-refractivity contribution in [2.75, 3.05) is 5.32 Å². The zero-order chi connectivity index (χ0) is 20.1. The molecule has 0 spiro atoms. The summed E-state index contributed by atoms with van der Waals surface area (Å²) in [6.07, 6.45) is 4.57. The van der Waals surface area contributed by atoms with E-state index >= 15 is 0 Å². The molecule has 0 saturated carbocycles. The highest BCUT2D eigenvalue weighted by atomic mass is 79.9. The number of nitro groups is 1. The zero-order valence-electron chi connectivity index (χ0n) is 14.6. The fourth-order valence-electron chi connectivity index (χ4n) is 2.21. The number of carbonyl (C=O) groups is 1. The first-order chi connectivity index (χ1) is 13.4. The number of carbonyl (C=O) groups excluding carboxylic acids is 1. The molecule has 1 amide bonds. The summed E-state index contributed by atoms with van der Waals surface area (Å²) < 4.78 is 2.61. The molecule has 1 N–H and O–H groups in total. The molecule has 3 aromatic rings. The average molecular weight is 460 g/mol. The number of nitro benzene ring substituents is 1. The van der Waals surface area contributed by atoms with Crippen molar-refractivity contribution < 1.29 is 9.72 Å². The summed E-state index contributed by atoms with van der Waals surface area (Å²) in [4.78, 5) is 23.4. The van der Waals surface area contributed by atoms with Gasteiger partial charge in [0.25, 0.3) is 5.69 Å². The van der Waals surface area contributed by atoms with E-state index in [1.807, 2.05) is 19.2 Å². The molecule has 0 aliphatic rings. The van der Waals surface area contributed by atoms with Gasteiger partial charge < -0.3 is 9.88 Å². The van der Waals surface area contributed by atoms with Crippen LogP contribution < -0.4 is 5.32 Å². The van der Waals surface area contributed by atoms with Crippen LogP contribution in [0.15, 0.2) is 69.4 Å². The van der Waals surface area contributed by atoms with Gasteiger partial charge in [-0.15, -0.1) is 10.2 Å². The minimum atomic E-state index is -0.468. The summed E-state index contributed by atoms with van der Waals surface area (Å²) in [6.45, 7) is 0. The number of nitrogens with one attached hydrogen (secondary N) is 1. The van der Waals surface area contributed by atoms with Crippen LogP contribution in [0.4, 0.5) is 11.4 Å². The lowest BCUT2D eigenvalue weighted by Crippen LogP contribution is -2.08. The number of aromatic nitrogens is 3. The Balaban J connectivity index is 1.73. The fourth-order valence-corrected chi connectivity index (χ4v) is 3.40. The number of nitrogens with zero attached hydrogens (tertiary/aromatic N) is 4. The third-order valence-corrected chi connectivity index (χ3v) is 5.22. The van der Waals surface area contributed by atoms with Crippen molar-refractivity contribution in [1.29, 1.82) is 0 Å². The van der Waals surface area contributed by atoms with Gasteiger partial charge in [0.15, 0.2) is 5.16 Å². The van der Waals surface area contributed by atoms with Gasteiger partial charge in [0.05, 0.1) is 10.6 Å². The number of non-ortho nitro benzene ring substituents is 1. The number of aryl methyl sites for hydroxylation is 1. The molecule has 8 nitrogen and oxygen atoms in total. The maximum atomic E-state index is 12.3. The van der Waals surface area contributed by atoms with Gasteiger partial charge in [-0.3, -0.25) is 14.9 Å². The molecule has 0 saturated heterocycles. The third kappa shape index (κ3) is 5.05. The lowest BCUT2D eigenvalue weighted by molar-refractivity contribution is -0.384. The van der Waals surface area contributed by atoms with Crippen molar-refractivity contribution >= 4 is 51.0 Å². The van der Waals surface area contributed by atoms with E-state index in [1.54, 1.807) is 35.2 Å². The van der Waals surface area contributed by atoms with Crippen molar-refractivity contribution in [2.24, 2.45) is 7.05 Å². The number of halogens is 1. The first-order valence-corrected chi connectivity index (χ1v) is 9.58. The Morgan fingerprint density at radius 1 is 1.29 bits per heavy atom. The molecule has 0 fully saturated rings. The van der Waals surface area contributed by atoms with Crippen LogP contribution in [0.5, 0.6) is 0 Å². The van der Waals surface area contributed by atoms with E-state index in [9.17, 15) is 14.9 Å². The molecule has 2 aromatic carbocycles. The number of benzene rings is 2. The highest BCUT2D eigenvalue weighted by Gasteiger charge is 2.11. The number of hydrogen-bond donors (Lipinski definition) is 1. The topological polar surface area (TPSA) is 103 Å². The van der Waals surface area contributed by atoms with E-state index in [1.165, 1.54) is 30.0 Å². The molecule has 28 heavy (non-hydrogen) atoms. The summed E-state index contributed by atoms with van der Waals surface area (Å²) >= 11 is 4.79.